The molecule has 0 aliphatic carbocycles. The summed E-state index contributed by atoms with van der Waals surface area (Å²) in [6, 6.07) is 14.5. The van der Waals surface area contributed by atoms with Gasteiger partial charge in [-0.05, 0) is 23.3 Å². The summed E-state index contributed by atoms with van der Waals surface area (Å²) in [7, 11) is 3.21. The van der Waals surface area contributed by atoms with Crippen LogP contribution >= 0.6 is 0 Å². The molecule has 0 spiro atoms. The number of quaternary nitrogens is 1. The largest absolute Gasteiger partial charge is 0.332 e. The minimum absolute atomic E-state index is 0.306. The van der Waals surface area contributed by atoms with E-state index in [1.807, 2.05) is 22.8 Å². The summed E-state index contributed by atoms with van der Waals surface area (Å²) in [6.07, 6.45) is 0. The number of imidazole rings is 1. The number of nitrogens with zero attached hydrogens (tertiary/aromatic N) is 5. The molecule has 0 saturated carbocycles. The highest BCUT2D eigenvalue weighted by molar-refractivity contribution is 5.86. The summed E-state index contributed by atoms with van der Waals surface area (Å²) in [5, 5.41) is 2.32. The average molecular weight is 434 g/mol. The fourth-order valence-corrected chi connectivity index (χ4v) is 4.80. The maximum Gasteiger partial charge on any atom is 0.332 e. The van der Waals surface area contributed by atoms with E-state index in [1.165, 1.54) is 16.2 Å². The topological polar surface area (TPSA) is 69.5 Å². The molecular weight excluding hydrogens is 404 g/mol. The molecule has 0 amide bonds. The average Bonchev–Trinajstić information content (AvgIpc) is 3.21. The highest BCUT2D eigenvalue weighted by atomic mass is 16.2. The zero-order valence-corrected chi connectivity index (χ0v) is 18.8. The molecule has 1 aliphatic heterocycles. The molecule has 0 bridgehead atoms. The van der Waals surface area contributed by atoms with Crippen molar-refractivity contribution in [2.24, 2.45) is 14.1 Å². The zero-order valence-electron chi connectivity index (χ0n) is 18.8. The Morgan fingerprint density at radius 2 is 1.69 bits per heavy atom. The molecular formula is C24H29N6O2+. The molecule has 1 N–H and O–H groups in total. The number of piperazine rings is 1. The number of aromatic nitrogens is 4. The second-order valence-corrected chi connectivity index (χ2v) is 8.60. The minimum atomic E-state index is -0.357. The summed E-state index contributed by atoms with van der Waals surface area (Å²) in [4.78, 5) is 34.5. The molecule has 1 fully saturated rings. The van der Waals surface area contributed by atoms with Gasteiger partial charge in [0.15, 0.2) is 11.2 Å². The third-order valence-corrected chi connectivity index (χ3v) is 6.79. The van der Waals surface area contributed by atoms with Crippen LogP contribution < -0.4 is 21.0 Å². The minimum Gasteiger partial charge on any atom is -0.332 e. The number of benzene rings is 2. The van der Waals surface area contributed by atoms with Crippen LogP contribution in [0.1, 0.15) is 12.5 Å². The fourth-order valence-electron chi connectivity index (χ4n) is 4.80. The molecule has 0 atom stereocenters. The van der Waals surface area contributed by atoms with Crippen LogP contribution in [0.4, 0.5) is 5.95 Å². The van der Waals surface area contributed by atoms with Gasteiger partial charge in [-0.25, -0.2) is 4.79 Å². The molecule has 0 radical (unpaired) electrons. The number of hydrogen-bond donors (Lipinski definition) is 1. The van der Waals surface area contributed by atoms with Crippen LogP contribution in [0.5, 0.6) is 0 Å². The number of hydrogen-bond acceptors (Lipinski definition) is 4. The van der Waals surface area contributed by atoms with Crippen LogP contribution in [-0.2, 0) is 20.6 Å². The number of anilines is 1. The molecule has 32 heavy (non-hydrogen) atoms. The molecule has 5 rings (SSSR count). The first-order chi connectivity index (χ1) is 15.5. The maximum absolute atomic E-state index is 13.2. The van der Waals surface area contributed by atoms with E-state index < -0.39 is 0 Å². The van der Waals surface area contributed by atoms with Gasteiger partial charge in [0.05, 0.1) is 39.3 Å². The Labute approximate surface area is 185 Å². The highest BCUT2D eigenvalue weighted by Crippen LogP contribution is 2.25. The molecule has 3 heterocycles. The van der Waals surface area contributed by atoms with E-state index in [1.54, 1.807) is 11.9 Å². The Morgan fingerprint density at radius 3 is 2.44 bits per heavy atom. The molecule has 1 saturated heterocycles. The molecule has 2 aromatic carbocycles. The van der Waals surface area contributed by atoms with Crippen LogP contribution in [0.25, 0.3) is 21.9 Å². The monoisotopic (exact) mass is 433 g/mol. The van der Waals surface area contributed by atoms with E-state index in [0.29, 0.717) is 17.7 Å². The third kappa shape index (κ3) is 3.22. The number of likely N-dealkylation sites (N-methyl/N-ethyl adjacent to an activating group) is 1. The second-order valence-electron chi connectivity index (χ2n) is 8.60. The number of aryl methyl sites for hydroxylation is 1. The van der Waals surface area contributed by atoms with Crippen molar-refractivity contribution in [2.75, 3.05) is 37.6 Å². The van der Waals surface area contributed by atoms with E-state index in [-0.39, 0.29) is 11.2 Å². The van der Waals surface area contributed by atoms with Crippen LogP contribution in [0.3, 0.4) is 0 Å². The summed E-state index contributed by atoms with van der Waals surface area (Å²) < 4.78 is 4.66. The number of nitrogens with one attached hydrogen (secondary N) is 1. The summed E-state index contributed by atoms with van der Waals surface area (Å²) >= 11 is 0. The summed E-state index contributed by atoms with van der Waals surface area (Å²) in [5.74, 6) is 0.765. The lowest BCUT2D eigenvalue weighted by Gasteiger charge is -2.32. The smallest absolute Gasteiger partial charge is 0.332 e. The number of rotatable bonds is 4. The fraction of sp³-hybridized carbons (Fsp3) is 0.375. The van der Waals surface area contributed by atoms with Gasteiger partial charge in [0, 0.05) is 14.1 Å². The third-order valence-electron chi connectivity index (χ3n) is 6.79. The van der Waals surface area contributed by atoms with Gasteiger partial charge in [-0.15, -0.1) is 0 Å². The first kappa shape index (κ1) is 20.5. The first-order valence-corrected chi connectivity index (χ1v) is 11.2. The molecule has 8 nitrogen and oxygen atoms in total. The lowest BCUT2D eigenvalue weighted by Crippen LogP contribution is -3.14. The number of fused-ring (bicyclic) bond motifs is 2. The van der Waals surface area contributed by atoms with Crippen molar-refractivity contribution in [3.05, 3.63) is 68.9 Å². The molecule has 0 unspecified atom stereocenters. The van der Waals surface area contributed by atoms with Gasteiger partial charge in [-0.1, -0.05) is 42.5 Å². The SMILES string of the molecule is CC[NH+]1CCN(c2nc3c(c(=O)n(C)c(=O)n3C)n2Cc2cccc3ccccc23)CC1. The Kier molecular flexibility index (Phi) is 5.09. The van der Waals surface area contributed by atoms with Gasteiger partial charge in [0.1, 0.15) is 0 Å². The molecule has 166 valence electrons. The predicted octanol–water partition coefficient (Wildman–Crippen LogP) is 0.360. The molecule has 1 aliphatic rings. The Morgan fingerprint density at radius 1 is 0.969 bits per heavy atom. The highest BCUT2D eigenvalue weighted by Gasteiger charge is 2.26. The van der Waals surface area contributed by atoms with Crippen molar-refractivity contribution >= 4 is 27.9 Å². The Balaban J connectivity index is 1.72. The van der Waals surface area contributed by atoms with Crippen LogP contribution in [-0.4, -0.2) is 51.4 Å². The van der Waals surface area contributed by atoms with E-state index in [0.717, 1.165) is 55.0 Å². The van der Waals surface area contributed by atoms with Gasteiger partial charge >= 0.3 is 5.69 Å². The van der Waals surface area contributed by atoms with Gasteiger partial charge < -0.3 is 9.80 Å². The van der Waals surface area contributed by atoms with Gasteiger partial charge in [0.2, 0.25) is 5.95 Å². The second kappa shape index (κ2) is 7.94. The van der Waals surface area contributed by atoms with E-state index in [2.05, 4.69) is 36.1 Å². The normalized spacial score (nSPS) is 15.2. The van der Waals surface area contributed by atoms with Gasteiger partial charge in [-0.3, -0.25) is 18.5 Å². The van der Waals surface area contributed by atoms with E-state index in [9.17, 15) is 9.59 Å². The first-order valence-electron chi connectivity index (χ1n) is 11.2. The van der Waals surface area contributed by atoms with E-state index in [4.69, 9.17) is 4.98 Å². The maximum atomic E-state index is 13.2. The Hall–Kier alpha value is -3.39. The zero-order chi connectivity index (χ0) is 22.4. The Bertz CT molecular complexity index is 1420. The molecule has 4 aromatic rings. The van der Waals surface area contributed by atoms with Crippen molar-refractivity contribution in [3.63, 3.8) is 0 Å². The molecule has 8 heteroatoms. The van der Waals surface area contributed by atoms with Gasteiger partial charge in [-0.2, -0.15) is 4.98 Å². The van der Waals surface area contributed by atoms with Crippen molar-refractivity contribution in [1.29, 1.82) is 0 Å². The van der Waals surface area contributed by atoms with Crippen LogP contribution in [0.2, 0.25) is 0 Å². The quantitative estimate of drug-likeness (QED) is 0.505. The van der Waals surface area contributed by atoms with Gasteiger partial charge in [0.25, 0.3) is 5.56 Å². The lowest BCUT2D eigenvalue weighted by molar-refractivity contribution is -0.898. The van der Waals surface area contributed by atoms with Crippen molar-refractivity contribution in [3.8, 4) is 0 Å². The standard InChI is InChI=1S/C24H28N6O2/c1-4-28-12-14-29(15-13-28)23-25-21-20(22(31)27(3)24(32)26(21)2)30(23)16-18-10-7-9-17-8-5-6-11-19(17)18/h5-11H,4,12-16H2,1-3H3/p+1. The lowest BCUT2D eigenvalue weighted by atomic mass is 10.0. The van der Waals surface area contributed by atoms with Crippen molar-refractivity contribution in [2.45, 2.75) is 13.5 Å². The molecule has 2 aromatic heterocycles. The summed E-state index contributed by atoms with van der Waals surface area (Å²) in [5.41, 5.74) is 1.38. The van der Waals surface area contributed by atoms with Crippen molar-refractivity contribution < 1.29 is 4.90 Å². The summed E-state index contributed by atoms with van der Waals surface area (Å²) in [6.45, 7) is 7.64. The predicted molar refractivity (Wildman–Crippen MR) is 127 cm³/mol. The van der Waals surface area contributed by atoms with Crippen LogP contribution in [0.15, 0.2) is 52.1 Å². The van der Waals surface area contributed by atoms with Crippen LogP contribution in [0, 0.1) is 0 Å². The van der Waals surface area contributed by atoms with E-state index >= 15 is 0 Å². The van der Waals surface area contributed by atoms with Crippen molar-refractivity contribution in [1.82, 2.24) is 18.7 Å².